The molecule has 4 heterocycles. The second-order valence-electron chi connectivity index (χ2n) is 6.74. The van der Waals surface area contributed by atoms with Crippen LogP contribution in [0.2, 0.25) is 0 Å². The Morgan fingerprint density at radius 2 is 2.12 bits per heavy atom. The largest absolute Gasteiger partial charge is 0.368 e. The van der Waals surface area contributed by atoms with Gasteiger partial charge in [-0.2, -0.15) is 5.26 Å². The molecule has 2 fully saturated rings. The van der Waals surface area contributed by atoms with Crippen LogP contribution in [0.5, 0.6) is 0 Å². The van der Waals surface area contributed by atoms with Crippen LogP contribution >= 0.6 is 0 Å². The summed E-state index contributed by atoms with van der Waals surface area (Å²) >= 11 is 0. The van der Waals surface area contributed by atoms with Crippen molar-refractivity contribution in [1.29, 1.82) is 5.26 Å². The lowest BCUT2D eigenvalue weighted by Crippen LogP contribution is -2.51. The van der Waals surface area contributed by atoms with Crippen LogP contribution in [0.3, 0.4) is 0 Å². The molecule has 2 saturated heterocycles. The van der Waals surface area contributed by atoms with Crippen molar-refractivity contribution in [2.45, 2.75) is 25.5 Å². The lowest BCUT2D eigenvalue weighted by atomic mass is 10.1. The van der Waals surface area contributed by atoms with Crippen LogP contribution in [-0.2, 0) is 16.1 Å². The second kappa shape index (κ2) is 6.87. The molecule has 2 aromatic rings. The number of rotatable bonds is 3. The molecule has 1 unspecified atom stereocenters. The number of aromatic nitrogens is 1. The predicted molar refractivity (Wildman–Crippen MR) is 92.9 cm³/mol. The fourth-order valence-corrected chi connectivity index (χ4v) is 3.77. The summed E-state index contributed by atoms with van der Waals surface area (Å²) in [5.41, 5.74) is 2.75. The first-order chi connectivity index (χ1) is 12.3. The van der Waals surface area contributed by atoms with E-state index < -0.39 is 0 Å². The van der Waals surface area contributed by atoms with Crippen LogP contribution in [0.1, 0.15) is 24.0 Å². The first kappa shape index (κ1) is 16.1. The van der Waals surface area contributed by atoms with Crippen LogP contribution in [0.15, 0.2) is 30.6 Å². The molecule has 6 nitrogen and oxygen atoms in total. The van der Waals surface area contributed by atoms with Crippen molar-refractivity contribution in [2.24, 2.45) is 0 Å². The van der Waals surface area contributed by atoms with Gasteiger partial charge in [-0.05, 0) is 25.0 Å². The summed E-state index contributed by atoms with van der Waals surface area (Å²) in [5, 5.41) is 9.52. The SMILES string of the molecule is N#Cc1c(CN2CCN(C(=O)C3CCCO3)CC2)cn2ccccc12. The first-order valence-electron chi connectivity index (χ1n) is 8.87. The predicted octanol–water partition coefficient (Wildman–Crippen LogP) is 1.63. The lowest BCUT2D eigenvalue weighted by Gasteiger charge is -2.35. The number of pyridine rings is 1. The van der Waals surface area contributed by atoms with Gasteiger partial charge in [0.15, 0.2) is 0 Å². The molecule has 0 spiro atoms. The number of amides is 1. The monoisotopic (exact) mass is 338 g/mol. The summed E-state index contributed by atoms with van der Waals surface area (Å²) in [6.07, 6.45) is 5.61. The van der Waals surface area contributed by atoms with Gasteiger partial charge in [-0.15, -0.1) is 0 Å². The van der Waals surface area contributed by atoms with E-state index in [-0.39, 0.29) is 12.0 Å². The molecule has 2 aromatic heterocycles. The van der Waals surface area contributed by atoms with Crippen LogP contribution in [0.4, 0.5) is 0 Å². The normalized spacial score (nSPS) is 21.6. The summed E-state index contributed by atoms with van der Waals surface area (Å²) in [6.45, 7) is 4.56. The average Bonchev–Trinajstić information content (AvgIpc) is 3.29. The highest BCUT2D eigenvalue weighted by molar-refractivity contribution is 5.81. The van der Waals surface area contributed by atoms with Gasteiger partial charge in [0.25, 0.3) is 5.91 Å². The highest BCUT2D eigenvalue weighted by atomic mass is 16.5. The lowest BCUT2D eigenvalue weighted by molar-refractivity contribution is -0.142. The van der Waals surface area contributed by atoms with Gasteiger partial charge in [0.1, 0.15) is 12.2 Å². The molecule has 0 saturated carbocycles. The average molecular weight is 338 g/mol. The maximum Gasteiger partial charge on any atom is 0.251 e. The number of nitrogens with zero attached hydrogens (tertiary/aromatic N) is 4. The highest BCUT2D eigenvalue weighted by Crippen LogP contribution is 2.21. The van der Waals surface area contributed by atoms with Crippen molar-refractivity contribution in [3.63, 3.8) is 0 Å². The topological polar surface area (TPSA) is 61.0 Å². The smallest absolute Gasteiger partial charge is 0.251 e. The van der Waals surface area contributed by atoms with Crippen LogP contribution in [0, 0.1) is 11.3 Å². The Morgan fingerprint density at radius 1 is 1.28 bits per heavy atom. The minimum absolute atomic E-state index is 0.143. The van der Waals surface area contributed by atoms with Gasteiger partial charge in [0, 0.05) is 57.3 Å². The molecule has 2 aliphatic heterocycles. The Hall–Kier alpha value is -2.36. The van der Waals surface area contributed by atoms with Crippen molar-refractivity contribution >= 4 is 11.4 Å². The minimum Gasteiger partial charge on any atom is -0.368 e. The molecule has 1 amide bonds. The summed E-state index contributed by atoms with van der Waals surface area (Å²) < 4.78 is 7.52. The Labute approximate surface area is 147 Å². The Balaban J connectivity index is 1.40. The molecule has 1 atom stereocenters. The van der Waals surface area contributed by atoms with E-state index in [2.05, 4.69) is 11.0 Å². The van der Waals surface area contributed by atoms with Crippen LogP contribution < -0.4 is 0 Å². The first-order valence-corrected chi connectivity index (χ1v) is 8.87. The van der Waals surface area contributed by atoms with E-state index in [9.17, 15) is 10.1 Å². The number of nitriles is 1. The fourth-order valence-electron chi connectivity index (χ4n) is 3.77. The second-order valence-corrected chi connectivity index (χ2v) is 6.74. The van der Waals surface area contributed by atoms with Gasteiger partial charge >= 0.3 is 0 Å². The Morgan fingerprint density at radius 3 is 2.84 bits per heavy atom. The van der Waals surface area contributed by atoms with E-state index in [1.54, 1.807) is 0 Å². The molecule has 130 valence electrons. The number of piperazine rings is 1. The zero-order valence-corrected chi connectivity index (χ0v) is 14.2. The van der Waals surface area contributed by atoms with Crippen molar-refractivity contribution in [1.82, 2.24) is 14.2 Å². The maximum atomic E-state index is 12.4. The molecular formula is C19H22N4O2. The molecule has 4 rings (SSSR count). The summed E-state index contributed by atoms with van der Waals surface area (Å²) in [5.74, 6) is 0.143. The third kappa shape index (κ3) is 3.13. The van der Waals surface area contributed by atoms with E-state index >= 15 is 0 Å². The van der Waals surface area contributed by atoms with E-state index in [0.717, 1.165) is 62.2 Å². The molecule has 0 aliphatic carbocycles. The number of carbonyl (C=O) groups excluding carboxylic acids is 1. The minimum atomic E-state index is -0.228. The van der Waals surface area contributed by atoms with Gasteiger partial charge in [0.2, 0.25) is 0 Å². The van der Waals surface area contributed by atoms with Gasteiger partial charge in [0.05, 0.1) is 11.1 Å². The third-order valence-corrected chi connectivity index (χ3v) is 5.16. The molecule has 25 heavy (non-hydrogen) atoms. The van der Waals surface area contributed by atoms with Crippen molar-refractivity contribution in [3.8, 4) is 6.07 Å². The van der Waals surface area contributed by atoms with Gasteiger partial charge in [-0.25, -0.2) is 0 Å². The van der Waals surface area contributed by atoms with E-state index in [0.29, 0.717) is 6.61 Å². The molecule has 0 radical (unpaired) electrons. The van der Waals surface area contributed by atoms with Crippen molar-refractivity contribution in [3.05, 3.63) is 41.7 Å². The Kier molecular flexibility index (Phi) is 4.43. The molecule has 0 aromatic carbocycles. The molecule has 0 N–H and O–H groups in total. The van der Waals surface area contributed by atoms with E-state index in [1.807, 2.05) is 39.9 Å². The quantitative estimate of drug-likeness (QED) is 0.853. The zero-order valence-electron chi connectivity index (χ0n) is 14.2. The van der Waals surface area contributed by atoms with Crippen LogP contribution in [-0.4, -0.2) is 59.0 Å². The van der Waals surface area contributed by atoms with Gasteiger partial charge in [-0.1, -0.05) is 6.07 Å². The summed E-state index contributed by atoms with van der Waals surface area (Å²) in [7, 11) is 0. The van der Waals surface area contributed by atoms with Gasteiger partial charge in [-0.3, -0.25) is 9.69 Å². The number of carbonyl (C=O) groups is 1. The maximum absolute atomic E-state index is 12.4. The molecule has 6 heteroatoms. The number of ether oxygens (including phenoxy) is 1. The highest BCUT2D eigenvalue weighted by Gasteiger charge is 2.30. The Bertz CT molecular complexity index is 808. The number of hydrogen-bond donors (Lipinski definition) is 0. The van der Waals surface area contributed by atoms with Gasteiger partial charge < -0.3 is 14.0 Å². The molecule has 0 bridgehead atoms. The van der Waals surface area contributed by atoms with E-state index in [1.165, 1.54) is 0 Å². The molecular weight excluding hydrogens is 316 g/mol. The van der Waals surface area contributed by atoms with Crippen LogP contribution in [0.25, 0.3) is 5.52 Å². The summed E-state index contributed by atoms with van der Waals surface area (Å²) in [6, 6.07) is 8.24. The molecule has 2 aliphatic rings. The number of hydrogen-bond acceptors (Lipinski definition) is 4. The standard InChI is InChI=1S/C19H22N4O2/c20-12-16-15(14-23-6-2-1-4-17(16)23)13-21-7-9-22(10-8-21)19(24)18-5-3-11-25-18/h1-2,4,6,14,18H,3,5,7-11,13H2. The third-order valence-electron chi connectivity index (χ3n) is 5.16. The zero-order chi connectivity index (χ0) is 17.2. The fraction of sp³-hybridized carbons (Fsp3) is 0.474. The van der Waals surface area contributed by atoms with E-state index in [4.69, 9.17) is 4.74 Å². The number of fused-ring (bicyclic) bond motifs is 1. The summed E-state index contributed by atoms with van der Waals surface area (Å²) in [4.78, 5) is 16.7. The van der Waals surface area contributed by atoms with Crippen molar-refractivity contribution < 1.29 is 9.53 Å². The van der Waals surface area contributed by atoms with Crippen molar-refractivity contribution in [2.75, 3.05) is 32.8 Å².